The van der Waals surface area contributed by atoms with Crippen LogP contribution in [0.2, 0.25) is 0 Å². The van der Waals surface area contributed by atoms with E-state index in [1.54, 1.807) is 0 Å². The molecule has 168 valence electrons. The van der Waals surface area contributed by atoms with Crippen molar-refractivity contribution < 1.29 is 21.9 Å². The topological polar surface area (TPSA) is 58.6 Å². The molecule has 4 rings (SSSR count). The van der Waals surface area contributed by atoms with Crippen molar-refractivity contribution >= 4 is 10.0 Å². The van der Waals surface area contributed by atoms with E-state index >= 15 is 0 Å². The van der Waals surface area contributed by atoms with Gasteiger partial charge in [0.15, 0.2) is 0 Å². The second kappa shape index (κ2) is 9.77. The van der Waals surface area contributed by atoms with Crippen molar-refractivity contribution in [3.8, 4) is 16.9 Å². The third-order valence-electron chi connectivity index (χ3n) is 5.41. The lowest BCUT2D eigenvalue weighted by Gasteiger charge is -2.18. The number of halogens is 2. The maximum absolute atomic E-state index is 13.9. The van der Waals surface area contributed by atoms with Crippen LogP contribution >= 0.6 is 0 Å². The zero-order valence-electron chi connectivity index (χ0n) is 17.4. The fourth-order valence-electron chi connectivity index (χ4n) is 3.83. The van der Waals surface area contributed by atoms with Gasteiger partial charge in [-0.25, -0.2) is 21.9 Å². The van der Waals surface area contributed by atoms with Gasteiger partial charge in [-0.15, -0.1) is 0 Å². The first kappa shape index (κ1) is 22.4. The van der Waals surface area contributed by atoms with Crippen LogP contribution in [0.15, 0.2) is 77.7 Å². The Kier molecular flexibility index (Phi) is 6.83. The fraction of sp³-hybridized carbons (Fsp3) is 0.250. The number of rotatable bonds is 8. The van der Waals surface area contributed by atoms with E-state index in [9.17, 15) is 17.2 Å². The average Bonchev–Trinajstić information content (AvgIpc) is 3.22. The van der Waals surface area contributed by atoms with E-state index in [-0.39, 0.29) is 6.04 Å². The Balaban J connectivity index is 1.32. The van der Waals surface area contributed by atoms with Gasteiger partial charge in [0, 0.05) is 24.7 Å². The minimum Gasteiger partial charge on any atom is -0.492 e. The summed E-state index contributed by atoms with van der Waals surface area (Å²) in [6, 6.07) is 19.8. The number of para-hydroxylation sites is 1. The molecule has 3 aromatic rings. The second-order valence-corrected chi connectivity index (χ2v) is 9.38. The summed E-state index contributed by atoms with van der Waals surface area (Å²) >= 11 is 0. The van der Waals surface area contributed by atoms with Crippen LogP contribution in [0.1, 0.15) is 6.42 Å². The van der Waals surface area contributed by atoms with Crippen molar-refractivity contribution in [2.24, 2.45) is 0 Å². The molecule has 1 aliphatic rings. The third-order valence-corrected chi connectivity index (χ3v) is 6.95. The van der Waals surface area contributed by atoms with Crippen molar-refractivity contribution in [1.29, 1.82) is 0 Å². The van der Waals surface area contributed by atoms with E-state index in [1.165, 1.54) is 0 Å². The standard InChI is InChI=1S/C24H24F2N2O3S/c25-19-10-11-22(26)24(16-19)32(29,30)27-20-12-13-28(17-20)14-15-31-23-9-5-4-8-21(23)18-6-2-1-3-7-18/h1-11,16,20,27H,12-15,17H2. The summed E-state index contributed by atoms with van der Waals surface area (Å²) in [4.78, 5) is 1.41. The third kappa shape index (κ3) is 5.32. The Morgan fingerprint density at radius 3 is 2.56 bits per heavy atom. The van der Waals surface area contributed by atoms with E-state index in [4.69, 9.17) is 4.74 Å². The number of sulfonamides is 1. The second-order valence-electron chi connectivity index (χ2n) is 7.69. The molecule has 0 aliphatic carbocycles. The first-order valence-corrected chi connectivity index (χ1v) is 11.9. The first-order chi connectivity index (χ1) is 15.4. The van der Waals surface area contributed by atoms with Crippen LogP contribution in [0.3, 0.4) is 0 Å². The Morgan fingerprint density at radius 2 is 1.75 bits per heavy atom. The zero-order chi connectivity index (χ0) is 22.6. The summed E-state index contributed by atoms with van der Waals surface area (Å²) in [5.74, 6) is -0.983. The van der Waals surface area contributed by atoms with E-state index in [1.807, 2.05) is 54.6 Å². The molecule has 1 N–H and O–H groups in total. The molecule has 1 aliphatic heterocycles. The smallest absolute Gasteiger partial charge is 0.243 e. The number of benzene rings is 3. The van der Waals surface area contributed by atoms with E-state index in [2.05, 4.69) is 9.62 Å². The number of nitrogens with zero attached hydrogens (tertiary/aromatic N) is 1. The largest absolute Gasteiger partial charge is 0.492 e. The van der Waals surface area contributed by atoms with Gasteiger partial charge in [0.1, 0.15) is 28.9 Å². The van der Waals surface area contributed by atoms with Crippen LogP contribution in [0.25, 0.3) is 11.1 Å². The van der Waals surface area contributed by atoms with Crippen LogP contribution in [-0.2, 0) is 10.0 Å². The molecule has 1 fully saturated rings. The minimum atomic E-state index is -4.14. The van der Waals surface area contributed by atoms with E-state index in [0.29, 0.717) is 38.7 Å². The predicted molar refractivity (Wildman–Crippen MR) is 119 cm³/mol. The SMILES string of the molecule is O=S(=O)(NC1CCN(CCOc2ccccc2-c2ccccc2)C1)c1cc(F)ccc1F. The molecule has 1 unspecified atom stereocenters. The van der Waals surface area contributed by atoms with Crippen LogP contribution in [0.5, 0.6) is 5.75 Å². The molecule has 8 heteroatoms. The van der Waals surface area contributed by atoms with Crippen molar-refractivity contribution in [2.45, 2.75) is 17.4 Å². The molecule has 0 amide bonds. The molecule has 32 heavy (non-hydrogen) atoms. The predicted octanol–water partition coefficient (Wildman–Crippen LogP) is 4.06. The molecule has 0 spiro atoms. The van der Waals surface area contributed by atoms with Gasteiger partial charge < -0.3 is 4.74 Å². The fourth-order valence-corrected chi connectivity index (χ4v) is 5.18. The molecule has 3 aromatic carbocycles. The zero-order valence-corrected chi connectivity index (χ0v) is 18.2. The molecule has 1 saturated heterocycles. The van der Waals surface area contributed by atoms with Crippen molar-refractivity contribution in [3.05, 3.63) is 84.4 Å². The summed E-state index contributed by atoms with van der Waals surface area (Å²) in [6.07, 6.45) is 0.580. The summed E-state index contributed by atoms with van der Waals surface area (Å²) in [5.41, 5.74) is 2.08. The lowest BCUT2D eigenvalue weighted by atomic mass is 10.1. The molecule has 0 saturated carbocycles. The highest BCUT2D eigenvalue weighted by molar-refractivity contribution is 7.89. The van der Waals surface area contributed by atoms with Crippen LogP contribution in [0, 0.1) is 11.6 Å². The summed E-state index contributed by atoms with van der Waals surface area (Å²) in [7, 11) is -4.14. The summed E-state index contributed by atoms with van der Waals surface area (Å²) in [5, 5.41) is 0. The molecular weight excluding hydrogens is 434 g/mol. The molecule has 0 bridgehead atoms. The lowest BCUT2D eigenvalue weighted by Crippen LogP contribution is -2.38. The van der Waals surface area contributed by atoms with Crippen LogP contribution < -0.4 is 9.46 Å². The Labute approximate surface area is 186 Å². The summed E-state index contributed by atoms with van der Waals surface area (Å²) in [6.45, 7) is 2.22. The average molecular weight is 459 g/mol. The van der Waals surface area contributed by atoms with Crippen molar-refractivity contribution in [3.63, 3.8) is 0 Å². The van der Waals surface area contributed by atoms with Gasteiger partial charge in [-0.3, -0.25) is 4.90 Å². The van der Waals surface area contributed by atoms with Gasteiger partial charge in [0.2, 0.25) is 10.0 Å². The van der Waals surface area contributed by atoms with E-state index in [0.717, 1.165) is 29.0 Å². The van der Waals surface area contributed by atoms with Gasteiger partial charge in [-0.1, -0.05) is 48.5 Å². The molecule has 1 atom stereocenters. The number of hydrogen-bond acceptors (Lipinski definition) is 4. The number of ether oxygens (including phenoxy) is 1. The number of hydrogen-bond donors (Lipinski definition) is 1. The highest BCUT2D eigenvalue weighted by Crippen LogP contribution is 2.29. The van der Waals surface area contributed by atoms with Crippen LogP contribution in [0.4, 0.5) is 8.78 Å². The summed E-state index contributed by atoms with van der Waals surface area (Å²) < 4.78 is 60.7. The number of nitrogens with one attached hydrogen (secondary N) is 1. The van der Waals surface area contributed by atoms with Gasteiger partial charge in [-0.05, 0) is 42.8 Å². The first-order valence-electron chi connectivity index (χ1n) is 10.4. The van der Waals surface area contributed by atoms with Crippen molar-refractivity contribution in [2.75, 3.05) is 26.2 Å². The van der Waals surface area contributed by atoms with Gasteiger partial charge >= 0.3 is 0 Å². The molecule has 0 aromatic heterocycles. The normalized spacial score (nSPS) is 16.9. The Bertz CT molecular complexity index is 1170. The minimum absolute atomic E-state index is 0.376. The monoisotopic (exact) mass is 458 g/mol. The molecule has 0 radical (unpaired) electrons. The lowest BCUT2D eigenvalue weighted by molar-refractivity contribution is 0.236. The Hall–Kier alpha value is -2.81. The van der Waals surface area contributed by atoms with Gasteiger partial charge in [-0.2, -0.15) is 0 Å². The highest BCUT2D eigenvalue weighted by Gasteiger charge is 2.29. The van der Waals surface area contributed by atoms with Gasteiger partial charge in [0.25, 0.3) is 0 Å². The molecule has 5 nitrogen and oxygen atoms in total. The van der Waals surface area contributed by atoms with Crippen molar-refractivity contribution in [1.82, 2.24) is 9.62 Å². The number of likely N-dealkylation sites (tertiary alicyclic amines) is 1. The highest BCUT2D eigenvalue weighted by atomic mass is 32.2. The van der Waals surface area contributed by atoms with Crippen LogP contribution in [-0.4, -0.2) is 45.6 Å². The Morgan fingerprint density at radius 1 is 1.00 bits per heavy atom. The van der Waals surface area contributed by atoms with Gasteiger partial charge in [0.05, 0.1) is 0 Å². The molecular formula is C24H24F2N2O3S. The maximum atomic E-state index is 13.9. The maximum Gasteiger partial charge on any atom is 0.243 e. The van der Waals surface area contributed by atoms with E-state index < -0.39 is 26.6 Å². The molecule has 1 heterocycles. The quantitative estimate of drug-likeness (QED) is 0.553.